The minimum Gasteiger partial charge on any atom is -0.480 e. The highest BCUT2D eigenvalue weighted by atomic mass is 79.9. The van der Waals surface area contributed by atoms with Crippen LogP contribution in [-0.4, -0.2) is 28.6 Å². The van der Waals surface area contributed by atoms with Gasteiger partial charge in [-0.05, 0) is 40.2 Å². The number of aromatic nitrogens is 1. The van der Waals surface area contributed by atoms with Crippen molar-refractivity contribution in [2.24, 2.45) is 0 Å². The van der Waals surface area contributed by atoms with E-state index in [9.17, 15) is 9.59 Å². The fourth-order valence-corrected chi connectivity index (χ4v) is 2.25. The third-order valence-corrected chi connectivity index (χ3v) is 3.34. The Morgan fingerprint density at radius 3 is 2.90 bits per heavy atom. The molecule has 0 bridgehead atoms. The average molecular weight is 353 g/mol. The second kappa shape index (κ2) is 5.21. The molecule has 1 N–H and O–H groups in total. The summed E-state index contributed by atoms with van der Waals surface area (Å²) in [6.45, 7) is -0.00522. The minimum absolute atomic E-state index is 0.0892. The van der Waals surface area contributed by atoms with Crippen LogP contribution in [0.1, 0.15) is 16.3 Å². The number of nitrogens with zero attached hydrogens (tertiary/aromatic N) is 2. The molecular formula is C13H9BrN2O5. The van der Waals surface area contributed by atoms with Gasteiger partial charge in [0, 0.05) is 0 Å². The zero-order chi connectivity index (χ0) is 15.0. The highest BCUT2D eigenvalue weighted by Crippen LogP contribution is 2.32. The molecule has 0 unspecified atom stereocenters. The van der Waals surface area contributed by atoms with Crippen molar-refractivity contribution in [3.05, 3.63) is 40.4 Å². The summed E-state index contributed by atoms with van der Waals surface area (Å²) in [5, 5.41) is 8.84. The van der Waals surface area contributed by atoms with Crippen molar-refractivity contribution >= 4 is 33.6 Å². The Kier molecular flexibility index (Phi) is 3.38. The number of hydrogen-bond donors (Lipinski definition) is 1. The zero-order valence-corrected chi connectivity index (χ0v) is 12.2. The summed E-state index contributed by atoms with van der Waals surface area (Å²) in [5.74, 6) is -0.391. The molecule has 0 atom stereocenters. The molecule has 2 aromatic heterocycles. The Morgan fingerprint density at radius 2 is 2.19 bits per heavy atom. The van der Waals surface area contributed by atoms with Gasteiger partial charge in [0.15, 0.2) is 18.2 Å². The summed E-state index contributed by atoms with van der Waals surface area (Å²) in [5.41, 5.74) is 0. The smallest absolute Gasteiger partial charge is 0.371 e. The number of rotatable bonds is 3. The molecule has 0 spiro atoms. The van der Waals surface area contributed by atoms with Crippen LogP contribution in [0.3, 0.4) is 0 Å². The largest absolute Gasteiger partial charge is 0.480 e. The van der Waals surface area contributed by atoms with E-state index in [1.807, 2.05) is 0 Å². The Labute approximate surface area is 127 Å². The van der Waals surface area contributed by atoms with Gasteiger partial charge in [0.1, 0.15) is 10.4 Å². The molecule has 1 aliphatic rings. The molecule has 3 rings (SSSR count). The lowest BCUT2D eigenvalue weighted by Crippen LogP contribution is -2.38. The number of carbonyl (C=O) groups excluding carboxylic acids is 1. The lowest BCUT2D eigenvalue weighted by molar-refractivity contribution is -0.121. The van der Waals surface area contributed by atoms with Gasteiger partial charge < -0.3 is 14.3 Å². The lowest BCUT2D eigenvalue weighted by Gasteiger charge is -2.27. The second-order valence-electron chi connectivity index (χ2n) is 4.30. The molecule has 0 saturated heterocycles. The molecular weight excluding hydrogens is 344 g/mol. The molecule has 0 aliphatic carbocycles. The van der Waals surface area contributed by atoms with Gasteiger partial charge in [-0.25, -0.2) is 9.78 Å². The summed E-state index contributed by atoms with van der Waals surface area (Å²) in [6.07, 6.45) is 0. The van der Waals surface area contributed by atoms with Crippen molar-refractivity contribution < 1.29 is 23.8 Å². The summed E-state index contributed by atoms with van der Waals surface area (Å²) in [4.78, 5) is 28.4. The van der Waals surface area contributed by atoms with Gasteiger partial charge in [0.25, 0.3) is 5.91 Å². The summed E-state index contributed by atoms with van der Waals surface area (Å²) < 4.78 is 11.0. The SMILES string of the molecule is O=C(O)c1ccc(CN2C(=O)COc3ccc(Br)nc32)o1. The monoisotopic (exact) mass is 352 g/mol. The van der Waals surface area contributed by atoms with Crippen LogP contribution < -0.4 is 9.64 Å². The lowest BCUT2D eigenvalue weighted by atomic mass is 10.3. The molecule has 0 radical (unpaired) electrons. The molecule has 3 heterocycles. The highest BCUT2D eigenvalue weighted by Gasteiger charge is 2.28. The van der Waals surface area contributed by atoms with Crippen molar-refractivity contribution in [3.8, 4) is 5.75 Å². The number of fused-ring (bicyclic) bond motifs is 1. The first-order chi connectivity index (χ1) is 10.0. The number of anilines is 1. The van der Waals surface area contributed by atoms with Crippen molar-refractivity contribution in [3.63, 3.8) is 0 Å². The van der Waals surface area contributed by atoms with E-state index in [2.05, 4.69) is 20.9 Å². The molecule has 1 amide bonds. The van der Waals surface area contributed by atoms with Crippen molar-refractivity contribution in [1.82, 2.24) is 4.98 Å². The first kappa shape index (κ1) is 13.6. The average Bonchev–Trinajstić information content (AvgIpc) is 2.91. The van der Waals surface area contributed by atoms with Crippen LogP contribution in [0.25, 0.3) is 0 Å². The van der Waals surface area contributed by atoms with Gasteiger partial charge in [-0.2, -0.15) is 0 Å². The van der Waals surface area contributed by atoms with Gasteiger partial charge in [0.2, 0.25) is 5.76 Å². The van der Waals surface area contributed by atoms with Gasteiger partial charge in [-0.1, -0.05) is 0 Å². The Balaban J connectivity index is 1.92. The highest BCUT2D eigenvalue weighted by molar-refractivity contribution is 9.10. The van der Waals surface area contributed by atoms with E-state index < -0.39 is 5.97 Å². The van der Waals surface area contributed by atoms with Crippen LogP contribution in [0.15, 0.2) is 33.3 Å². The van der Waals surface area contributed by atoms with Crippen LogP contribution in [0.2, 0.25) is 0 Å². The van der Waals surface area contributed by atoms with Crippen LogP contribution in [0.4, 0.5) is 5.82 Å². The number of pyridine rings is 1. The predicted molar refractivity (Wildman–Crippen MR) is 74.3 cm³/mol. The number of furan rings is 1. The minimum atomic E-state index is -1.16. The summed E-state index contributed by atoms with van der Waals surface area (Å²) in [6, 6.07) is 6.28. The fraction of sp³-hybridized carbons (Fsp3) is 0.154. The van der Waals surface area contributed by atoms with Crippen LogP contribution in [0.5, 0.6) is 5.75 Å². The second-order valence-corrected chi connectivity index (χ2v) is 5.11. The number of hydrogen-bond acceptors (Lipinski definition) is 5. The molecule has 2 aromatic rings. The van der Waals surface area contributed by atoms with Gasteiger partial charge in [-0.15, -0.1) is 0 Å². The number of ether oxygens (including phenoxy) is 1. The number of carbonyl (C=O) groups is 2. The van der Waals surface area contributed by atoms with Gasteiger partial charge in [-0.3, -0.25) is 9.69 Å². The predicted octanol–water partition coefficient (Wildman–Crippen LogP) is 2.06. The standard InChI is InChI=1S/C13H9BrN2O5/c14-10-4-3-8-12(15-10)16(11(17)6-20-8)5-7-1-2-9(21-7)13(18)19/h1-4H,5-6H2,(H,18,19). The van der Waals surface area contributed by atoms with Crippen LogP contribution >= 0.6 is 15.9 Å². The van der Waals surface area contributed by atoms with Crippen molar-refractivity contribution in [2.45, 2.75) is 6.54 Å². The van der Waals surface area contributed by atoms with E-state index in [1.54, 1.807) is 12.1 Å². The fourth-order valence-electron chi connectivity index (χ4n) is 1.95. The van der Waals surface area contributed by atoms with E-state index in [4.69, 9.17) is 14.3 Å². The first-order valence-corrected chi connectivity index (χ1v) is 6.75. The topological polar surface area (TPSA) is 92.9 Å². The Bertz CT molecular complexity index is 727. The first-order valence-electron chi connectivity index (χ1n) is 5.96. The molecule has 0 fully saturated rings. The van der Waals surface area contributed by atoms with Gasteiger partial charge >= 0.3 is 5.97 Å². The molecule has 1 aliphatic heterocycles. The number of carboxylic acid groups (broad SMARTS) is 1. The Morgan fingerprint density at radius 1 is 1.38 bits per heavy atom. The number of carboxylic acids is 1. The molecule has 0 saturated carbocycles. The molecule has 8 heteroatoms. The van der Waals surface area contributed by atoms with Crippen LogP contribution in [-0.2, 0) is 11.3 Å². The normalized spacial score (nSPS) is 13.8. The summed E-state index contributed by atoms with van der Waals surface area (Å²) in [7, 11) is 0. The van der Waals surface area contributed by atoms with E-state index in [0.717, 1.165) is 0 Å². The Hall–Kier alpha value is -2.35. The number of halogens is 1. The van der Waals surface area contributed by atoms with E-state index in [-0.39, 0.29) is 24.8 Å². The van der Waals surface area contributed by atoms with Gasteiger partial charge in [0.05, 0.1) is 6.54 Å². The molecule has 7 nitrogen and oxygen atoms in total. The van der Waals surface area contributed by atoms with Crippen LogP contribution in [0, 0.1) is 0 Å². The third-order valence-electron chi connectivity index (χ3n) is 2.90. The van der Waals surface area contributed by atoms with Crippen molar-refractivity contribution in [1.29, 1.82) is 0 Å². The maximum absolute atomic E-state index is 12.0. The van der Waals surface area contributed by atoms with E-state index in [1.165, 1.54) is 17.0 Å². The number of aromatic carboxylic acids is 1. The van der Waals surface area contributed by atoms with E-state index >= 15 is 0 Å². The zero-order valence-electron chi connectivity index (χ0n) is 10.6. The quantitative estimate of drug-likeness (QED) is 0.850. The molecule has 108 valence electrons. The number of amides is 1. The maximum Gasteiger partial charge on any atom is 0.371 e. The van der Waals surface area contributed by atoms with Crippen molar-refractivity contribution in [2.75, 3.05) is 11.5 Å². The van der Waals surface area contributed by atoms with E-state index in [0.29, 0.717) is 21.9 Å². The molecule has 0 aromatic carbocycles. The molecule has 21 heavy (non-hydrogen) atoms. The maximum atomic E-state index is 12.0. The third kappa shape index (κ3) is 2.62. The summed E-state index contributed by atoms with van der Waals surface area (Å²) >= 11 is 3.24.